The zero-order chi connectivity index (χ0) is 19.9. The van der Waals surface area contributed by atoms with E-state index in [9.17, 15) is 9.59 Å². The van der Waals surface area contributed by atoms with E-state index in [4.69, 9.17) is 10.2 Å². The lowest BCUT2D eigenvalue weighted by Crippen LogP contribution is -2.23. The lowest BCUT2D eigenvalue weighted by Gasteiger charge is -2.21. The van der Waals surface area contributed by atoms with Crippen molar-refractivity contribution >= 4 is 40.6 Å². The van der Waals surface area contributed by atoms with Crippen molar-refractivity contribution < 1.29 is 19.8 Å². The van der Waals surface area contributed by atoms with Gasteiger partial charge in [-0.2, -0.15) is 0 Å². The number of carboxylic acid groups (broad SMARTS) is 2. The number of aliphatic carboxylic acids is 2. The second-order valence-corrected chi connectivity index (χ2v) is 8.47. The third kappa shape index (κ3) is 5.13. The number of benzene rings is 1. The maximum atomic E-state index is 9.55. The average molecular weight is 416 g/mol. The van der Waals surface area contributed by atoms with Crippen molar-refractivity contribution in [3.63, 3.8) is 0 Å². The third-order valence-corrected chi connectivity index (χ3v) is 6.76. The number of nitrogens with one attached hydrogen (secondary N) is 1. The van der Waals surface area contributed by atoms with Crippen molar-refractivity contribution in [1.29, 1.82) is 0 Å². The van der Waals surface area contributed by atoms with E-state index in [1.807, 2.05) is 23.1 Å². The number of carboxylic acids is 2. The van der Waals surface area contributed by atoms with Crippen molar-refractivity contribution in [3.8, 4) is 0 Å². The highest BCUT2D eigenvalue weighted by molar-refractivity contribution is 8.00. The summed E-state index contributed by atoms with van der Waals surface area (Å²) >= 11 is 3.89. The number of fused-ring (bicyclic) bond motifs is 2. The molecule has 7 heteroatoms. The molecule has 0 amide bonds. The highest BCUT2D eigenvalue weighted by atomic mass is 32.2. The summed E-state index contributed by atoms with van der Waals surface area (Å²) in [6.07, 6.45) is 3.48. The number of piperidine rings is 1. The Balaban J connectivity index is 0.000000242. The summed E-state index contributed by atoms with van der Waals surface area (Å²) in [6.45, 7) is 2.24. The van der Waals surface area contributed by atoms with E-state index < -0.39 is 11.9 Å². The smallest absolute Gasteiger partial charge is 0.328 e. The quantitative estimate of drug-likeness (QED) is 0.636. The largest absolute Gasteiger partial charge is 0.478 e. The zero-order valence-electron chi connectivity index (χ0n) is 15.2. The Kier molecular flexibility index (Phi) is 7.08. The van der Waals surface area contributed by atoms with Crippen LogP contribution in [0.25, 0.3) is 5.57 Å². The van der Waals surface area contributed by atoms with Crippen LogP contribution in [0.2, 0.25) is 0 Å². The minimum absolute atomic E-state index is 0.558. The minimum atomic E-state index is -1.26. The summed E-state index contributed by atoms with van der Waals surface area (Å²) in [4.78, 5) is 19.1. The van der Waals surface area contributed by atoms with Gasteiger partial charge < -0.3 is 15.5 Å². The van der Waals surface area contributed by atoms with Gasteiger partial charge in [0.25, 0.3) is 0 Å². The van der Waals surface area contributed by atoms with Gasteiger partial charge >= 0.3 is 11.9 Å². The number of thioether (sulfide) groups is 1. The summed E-state index contributed by atoms with van der Waals surface area (Å²) < 4.78 is 1.49. The predicted octanol–water partition coefficient (Wildman–Crippen LogP) is 4.25. The van der Waals surface area contributed by atoms with Crippen molar-refractivity contribution in [2.45, 2.75) is 22.8 Å². The molecule has 0 unspecified atom stereocenters. The van der Waals surface area contributed by atoms with E-state index in [0.717, 1.165) is 18.8 Å². The van der Waals surface area contributed by atoms with Gasteiger partial charge in [0, 0.05) is 23.5 Å². The molecule has 2 aliphatic heterocycles. The minimum Gasteiger partial charge on any atom is -0.478 e. The van der Waals surface area contributed by atoms with E-state index >= 15 is 0 Å². The molecule has 3 N–H and O–H groups in total. The summed E-state index contributed by atoms with van der Waals surface area (Å²) in [5.74, 6) is -1.42. The van der Waals surface area contributed by atoms with Crippen LogP contribution in [0, 0.1) is 0 Å². The van der Waals surface area contributed by atoms with E-state index in [0.29, 0.717) is 12.2 Å². The molecule has 0 radical (unpaired) electrons. The van der Waals surface area contributed by atoms with Gasteiger partial charge in [0.1, 0.15) is 0 Å². The molecule has 2 aromatic rings. The van der Waals surface area contributed by atoms with Crippen LogP contribution >= 0.6 is 23.1 Å². The molecular formula is C21H21NO4S2. The lowest BCUT2D eigenvalue weighted by molar-refractivity contribution is -0.134. The van der Waals surface area contributed by atoms with Crippen LogP contribution in [0.3, 0.4) is 0 Å². The maximum Gasteiger partial charge on any atom is 0.328 e. The first-order valence-corrected chi connectivity index (χ1v) is 10.8. The molecule has 0 saturated carbocycles. The fraction of sp³-hybridized carbons (Fsp3) is 0.238. The molecule has 0 aliphatic carbocycles. The van der Waals surface area contributed by atoms with Crippen LogP contribution in [-0.2, 0) is 15.3 Å². The molecule has 3 heterocycles. The predicted molar refractivity (Wildman–Crippen MR) is 113 cm³/mol. The van der Waals surface area contributed by atoms with Gasteiger partial charge in [-0.1, -0.05) is 29.8 Å². The third-order valence-electron chi connectivity index (χ3n) is 4.47. The summed E-state index contributed by atoms with van der Waals surface area (Å²) in [5, 5.41) is 21.3. The molecule has 1 aromatic heterocycles. The first-order valence-electron chi connectivity index (χ1n) is 8.92. The van der Waals surface area contributed by atoms with Crippen molar-refractivity contribution in [2.24, 2.45) is 0 Å². The van der Waals surface area contributed by atoms with E-state index in [2.05, 4.69) is 41.0 Å². The SMILES string of the molecule is O=C(O)/C=C\C(=O)O.c1ccc2c(c1)CSc1sccc1C2=C1CCNCC1. The molecule has 0 bridgehead atoms. The standard InChI is InChI=1S/C17H17NS2.C4H4O4/c1-2-4-14-13(3-1)11-20-17-15(7-10-19-17)16(14)12-5-8-18-9-6-12;5-3(6)1-2-4(7)8/h1-4,7,10,18H,5-6,8-9,11H2;1-2H,(H,5,6)(H,7,8)/b;2-1-. The molecule has 0 spiro atoms. The lowest BCUT2D eigenvalue weighted by atomic mass is 9.88. The average Bonchev–Trinajstić information content (AvgIpc) is 3.09. The first kappa shape index (κ1) is 20.4. The van der Waals surface area contributed by atoms with Crippen molar-refractivity contribution in [3.05, 3.63) is 70.1 Å². The van der Waals surface area contributed by atoms with Gasteiger partial charge in [-0.05, 0) is 54.1 Å². The molecule has 5 nitrogen and oxygen atoms in total. The van der Waals surface area contributed by atoms with Crippen LogP contribution in [-0.4, -0.2) is 35.2 Å². The van der Waals surface area contributed by atoms with Gasteiger partial charge in [0.2, 0.25) is 0 Å². The van der Waals surface area contributed by atoms with Crippen LogP contribution < -0.4 is 5.32 Å². The Morgan fingerprint density at radius 2 is 1.64 bits per heavy atom. The Bertz CT molecular complexity index is 906. The Labute approximate surface area is 171 Å². The Morgan fingerprint density at radius 1 is 0.964 bits per heavy atom. The van der Waals surface area contributed by atoms with Gasteiger partial charge in [0.05, 0.1) is 4.21 Å². The highest BCUT2D eigenvalue weighted by Gasteiger charge is 2.23. The highest BCUT2D eigenvalue weighted by Crippen LogP contribution is 2.45. The molecule has 28 heavy (non-hydrogen) atoms. The maximum absolute atomic E-state index is 9.55. The van der Waals surface area contributed by atoms with Crippen LogP contribution in [0.5, 0.6) is 0 Å². The number of carbonyl (C=O) groups is 2. The molecule has 1 aromatic carbocycles. The van der Waals surface area contributed by atoms with Gasteiger partial charge in [-0.3, -0.25) is 0 Å². The number of hydrogen-bond acceptors (Lipinski definition) is 5. The topological polar surface area (TPSA) is 86.6 Å². The monoisotopic (exact) mass is 415 g/mol. The summed E-state index contributed by atoms with van der Waals surface area (Å²) in [7, 11) is 0. The molecule has 2 aliphatic rings. The number of thiophene rings is 1. The van der Waals surface area contributed by atoms with Crippen molar-refractivity contribution in [1.82, 2.24) is 5.32 Å². The molecule has 0 atom stereocenters. The van der Waals surface area contributed by atoms with E-state index in [-0.39, 0.29) is 0 Å². The van der Waals surface area contributed by atoms with E-state index in [1.54, 1.807) is 5.57 Å². The van der Waals surface area contributed by atoms with Crippen molar-refractivity contribution in [2.75, 3.05) is 13.1 Å². The molecule has 1 saturated heterocycles. The van der Waals surface area contributed by atoms with Crippen LogP contribution in [0.15, 0.2) is 57.6 Å². The fourth-order valence-corrected chi connectivity index (χ4v) is 5.38. The van der Waals surface area contributed by atoms with Gasteiger partial charge in [0.15, 0.2) is 0 Å². The molecule has 146 valence electrons. The van der Waals surface area contributed by atoms with Crippen LogP contribution in [0.4, 0.5) is 0 Å². The first-order chi connectivity index (χ1) is 13.6. The second kappa shape index (κ2) is 9.73. The Morgan fingerprint density at radius 3 is 2.32 bits per heavy atom. The second-order valence-electron chi connectivity index (χ2n) is 6.31. The molecular weight excluding hydrogens is 394 g/mol. The zero-order valence-corrected chi connectivity index (χ0v) is 16.8. The van der Waals surface area contributed by atoms with Gasteiger partial charge in [-0.15, -0.1) is 23.1 Å². The van der Waals surface area contributed by atoms with E-state index in [1.165, 1.54) is 39.3 Å². The summed E-state index contributed by atoms with van der Waals surface area (Å²) in [5.41, 5.74) is 7.60. The molecule has 1 fully saturated rings. The van der Waals surface area contributed by atoms with Crippen LogP contribution in [0.1, 0.15) is 29.5 Å². The summed E-state index contributed by atoms with van der Waals surface area (Å²) in [6, 6.07) is 11.3. The van der Waals surface area contributed by atoms with Gasteiger partial charge in [-0.25, -0.2) is 9.59 Å². The number of hydrogen-bond donors (Lipinski definition) is 3. The normalized spacial score (nSPS) is 15.9. The molecule has 4 rings (SSSR count). The Hall–Kier alpha value is -2.35. The number of rotatable bonds is 2. The fourth-order valence-electron chi connectivity index (χ4n) is 3.27.